The molecule has 0 spiro atoms. The maximum atomic E-state index is 12.6. The first-order chi connectivity index (χ1) is 9.58. The molecule has 0 bridgehead atoms. The molecule has 4 heteroatoms. The molecule has 0 aliphatic carbocycles. The zero-order chi connectivity index (χ0) is 14.7. The molecule has 104 valence electrons. The van der Waals surface area contributed by atoms with Gasteiger partial charge in [-0.15, -0.1) is 0 Å². The predicted octanol–water partition coefficient (Wildman–Crippen LogP) is 4.01. The van der Waals surface area contributed by atoms with Crippen LogP contribution in [0.3, 0.4) is 0 Å². The molecule has 2 aromatic carbocycles. The van der Waals surface area contributed by atoms with Crippen LogP contribution in [-0.2, 0) is 0 Å². The van der Waals surface area contributed by atoms with Gasteiger partial charge in [0.25, 0.3) is 0 Å². The second-order valence-electron chi connectivity index (χ2n) is 4.33. The molecule has 0 N–H and O–H groups in total. The van der Waals surface area contributed by atoms with Gasteiger partial charge in [0.2, 0.25) is 0 Å². The highest BCUT2D eigenvalue weighted by molar-refractivity contribution is 9.10. The van der Waals surface area contributed by atoms with Gasteiger partial charge < -0.3 is 9.47 Å². The van der Waals surface area contributed by atoms with Crippen LogP contribution >= 0.6 is 15.9 Å². The fourth-order valence-corrected chi connectivity index (χ4v) is 2.48. The van der Waals surface area contributed by atoms with Crippen LogP contribution < -0.4 is 9.47 Å². The summed E-state index contributed by atoms with van der Waals surface area (Å²) in [7, 11) is 3.13. The Hall–Kier alpha value is -1.81. The molecule has 0 aliphatic rings. The summed E-state index contributed by atoms with van der Waals surface area (Å²) in [6.07, 6.45) is 0. The third kappa shape index (κ3) is 2.70. The fourth-order valence-electron chi connectivity index (χ4n) is 2.02. The van der Waals surface area contributed by atoms with Crippen LogP contribution in [0.25, 0.3) is 0 Å². The second-order valence-corrected chi connectivity index (χ2v) is 5.19. The minimum absolute atomic E-state index is 0.0454. The fraction of sp³-hybridized carbons (Fsp3) is 0.188. The minimum Gasteiger partial charge on any atom is -0.493 e. The Labute approximate surface area is 126 Å². The summed E-state index contributed by atoms with van der Waals surface area (Å²) in [5, 5.41) is 0. The number of benzene rings is 2. The molecule has 0 atom stereocenters. The van der Waals surface area contributed by atoms with Crippen molar-refractivity contribution in [1.29, 1.82) is 0 Å². The molecule has 0 aliphatic heterocycles. The van der Waals surface area contributed by atoms with Crippen LogP contribution in [0.15, 0.2) is 40.9 Å². The van der Waals surface area contributed by atoms with Gasteiger partial charge in [-0.3, -0.25) is 4.79 Å². The average molecular weight is 335 g/mol. The van der Waals surface area contributed by atoms with Crippen molar-refractivity contribution in [3.8, 4) is 11.5 Å². The smallest absolute Gasteiger partial charge is 0.194 e. The Morgan fingerprint density at radius 1 is 1.00 bits per heavy atom. The molecule has 2 aromatic rings. The lowest BCUT2D eigenvalue weighted by Gasteiger charge is -2.12. The van der Waals surface area contributed by atoms with Gasteiger partial charge in [0.15, 0.2) is 17.3 Å². The van der Waals surface area contributed by atoms with Gasteiger partial charge in [-0.05, 0) is 36.8 Å². The van der Waals surface area contributed by atoms with E-state index in [-0.39, 0.29) is 5.78 Å². The minimum atomic E-state index is -0.0454. The number of aryl methyl sites for hydroxylation is 1. The molecule has 0 fully saturated rings. The van der Waals surface area contributed by atoms with E-state index in [1.807, 2.05) is 31.2 Å². The summed E-state index contributed by atoms with van der Waals surface area (Å²) >= 11 is 3.41. The lowest BCUT2D eigenvalue weighted by molar-refractivity contribution is 0.103. The van der Waals surface area contributed by atoms with Crippen LogP contribution in [0, 0.1) is 6.92 Å². The molecule has 2 rings (SSSR count). The van der Waals surface area contributed by atoms with E-state index in [0.29, 0.717) is 22.6 Å². The van der Waals surface area contributed by atoms with Gasteiger partial charge in [-0.2, -0.15) is 0 Å². The van der Waals surface area contributed by atoms with E-state index in [9.17, 15) is 4.79 Å². The third-order valence-electron chi connectivity index (χ3n) is 3.09. The first kappa shape index (κ1) is 14.6. The molecule has 20 heavy (non-hydrogen) atoms. The van der Waals surface area contributed by atoms with E-state index in [2.05, 4.69) is 15.9 Å². The van der Waals surface area contributed by atoms with E-state index in [1.165, 1.54) is 0 Å². The zero-order valence-corrected chi connectivity index (χ0v) is 13.2. The van der Waals surface area contributed by atoms with E-state index < -0.39 is 0 Å². The first-order valence-corrected chi connectivity index (χ1v) is 6.89. The number of carbonyl (C=O) groups is 1. The summed E-state index contributed by atoms with van der Waals surface area (Å²) < 4.78 is 11.3. The molecule has 0 aromatic heterocycles. The van der Waals surface area contributed by atoms with Gasteiger partial charge >= 0.3 is 0 Å². The number of rotatable bonds is 4. The van der Waals surface area contributed by atoms with Gasteiger partial charge in [-0.1, -0.05) is 28.1 Å². The van der Waals surface area contributed by atoms with Gasteiger partial charge in [0.1, 0.15) is 0 Å². The Morgan fingerprint density at radius 2 is 1.60 bits per heavy atom. The molecule has 0 unspecified atom stereocenters. The Bertz CT molecular complexity index is 650. The molecule has 0 saturated heterocycles. The first-order valence-electron chi connectivity index (χ1n) is 6.10. The average Bonchev–Trinajstić information content (AvgIpc) is 2.46. The number of methoxy groups -OCH3 is 2. The third-order valence-corrected chi connectivity index (χ3v) is 3.79. The summed E-state index contributed by atoms with van der Waals surface area (Å²) in [6.45, 7) is 1.88. The molecular weight excluding hydrogens is 320 g/mol. The number of ketones is 1. The topological polar surface area (TPSA) is 35.5 Å². The zero-order valence-electron chi connectivity index (χ0n) is 11.6. The number of hydrogen-bond donors (Lipinski definition) is 0. The number of carbonyl (C=O) groups excluding carboxylic acids is 1. The Morgan fingerprint density at radius 3 is 2.20 bits per heavy atom. The second kappa shape index (κ2) is 6.09. The van der Waals surface area contributed by atoms with Crippen molar-refractivity contribution in [1.82, 2.24) is 0 Å². The summed E-state index contributed by atoms with van der Waals surface area (Å²) in [4.78, 5) is 12.6. The van der Waals surface area contributed by atoms with Crippen molar-refractivity contribution in [3.63, 3.8) is 0 Å². The number of hydrogen-bond acceptors (Lipinski definition) is 3. The molecule has 3 nitrogen and oxygen atoms in total. The van der Waals surface area contributed by atoms with E-state index in [4.69, 9.17) is 9.47 Å². The predicted molar refractivity (Wildman–Crippen MR) is 81.9 cm³/mol. The van der Waals surface area contributed by atoms with Gasteiger partial charge in [-0.25, -0.2) is 0 Å². The highest BCUT2D eigenvalue weighted by Gasteiger charge is 2.17. The maximum Gasteiger partial charge on any atom is 0.194 e. The highest BCUT2D eigenvalue weighted by atomic mass is 79.9. The van der Waals surface area contributed by atoms with Crippen LogP contribution in [0.2, 0.25) is 0 Å². The molecular formula is C16H15BrO3. The molecule has 0 heterocycles. The van der Waals surface area contributed by atoms with Crippen molar-refractivity contribution in [2.75, 3.05) is 14.2 Å². The number of halogens is 1. The van der Waals surface area contributed by atoms with Crippen molar-refractivity contribution < 1.29 is 14.3 Å². The van der Waals surface area contributed by atoms with Gasteiger partial charge in [0, 0.05) is 15.6 Å². The van der Waals surface area contributed by atoms with Crippen LogP contribution in [0.4, 0.5) is 0 Å². The largest absolute Gasteiger partial charge is 0.493 e. The Kier molecular flexibility index (Phi) is 4.45. The van der Waals surface area contributed by atoms with Crippen LogP contribution in [0.5, 0.6) is 11.5 Å². The lowest BCUT2D eigenvalue weighted by Crippen LogP contribution is -2.06. The molecule has 0 amide bonds. The van der Waals surface area contributed by atoms with Crippen molar-refractivity contribution >= 4 is 21.7 Å². The van der Waals surface area contributed by atoms with Crippen LogP contribution in [0.1, 0.15) is 21.5 Å². The van der Waals surface area contributed by atoms with E-state index >= 15 is 0 Å². The summed E-state index contributed by atoms with van der Waals surface area (Å²) in [6, 6.07) is 10.9. The summed E-state index contributed by atoms with van der Waals surface area (Å²) in [5.74, 6) is 1.12. The van der Waals surface area contributed by atoms with Crippen LogP contribution in [-0.4, -0.2) is 20.0 Å². The lowest BCUT2D eigenvalue weighted by atomic mass is 9.98. The molecule has 0 saturated carbocycles. The standard InChI is InChI=1S/C16H15BrO3/c1-10-8-14(19-2)15(20-3)9-12(10)16(18)11-6-4-5-7-13(11)17/h4-9H,1-3H3. The summed E-state index contributed by atoms with van der Waals surface area (Å²) in [5.41, 5.74) is 2.08. The molecule has 0 radical (unpaired) electrons. The normalized spacial score (nSPS) is 10.2. The quantitative estimate of drug-likeness (QED) is 0.792. The van der Waals surface area contributed by atoms with E-state index in [0.717, 1.165) is 10.0 Å². The monoisotopic (exact) mass is 334 g/mol. The maximum absolute atomic E-state index is 12.6. The number of ether oxygens (including phenoxy) is 2. The van der Waals surface area contributed by atoms with Crippen molar-refractivity contribution in [3.05, 3.63) is 57.6 Å². The Balaban J connectivity index is 2.53. The van der Waals surface area contributed by atoms with Crippen molar-refractivity contribution in [2.24, 2.45) is 0 Å². The van der Waals surface area contributed by atoms with Crippen molar-refractivity contribution in [2.45, 2.75) is 6.92 Å². The SMILES string of the molecule is COc1cc(C)c(C(=O)c2ccccc2Br)cc1OC. The highest BCUT2D eigenvalue weighted by Crippen LogP contribution is 2.32. The van der Waals surface area contributed by atoms with E-state index in [1.54, 1.807) is 26.4 Å². The van der Waals surface area contributed by atoms with Gasteiger partial charge in [0.05, 0.1) is 14.2 Å².